The predicted molar refractivity (Wildman–Crippen MR) is 98.1 cm³/mol. The molecule has 2 aromatic carbocycles. The minimum Gasteiger partial charge on any atom is -0.289 e. The summed E-state index contributed by atoms with van der Waals surface area (Å²) in [5, 5.41) is 0. The molecule has 1 atom stereocenters. The number of benzene rings is 2. The molecule has 0 aromatic heterocycles. The van der Waals surface area contributed by atoms with Gasteiger partial charge >= 0.3 is 0 Å². The lowest BCUT2D eigenvalue weighted by Gasteiger charge is -2.20. The van der Waals surface area contributed by atoms with Gasteiger partial charge in [-0.2, -0.15) is 0 Å². The summed E-state index contributed by atoms with van der Waals surface area (Å²) in [6.45, 7) is 4.47. The van der Waals surface area contributed by atoms with Gasteiger partial charge in [-0.15, -0.1) is 0 Å². The van der Waals surface area contributed by atoms with Crippen LogP contribution in [0.5, 0.6) is 0 Å². The van der Waals surface area contributed by atoms with Crippen LogP contribution in [-0.2, 0) is 0 Å². The standard InChI is InChI=1S/C22H28O/c1-3-5-7-13-18(12-4-2)20-16-10-11-17-21(20)22(23)19-14-8-6-9-15-19/h6,8-11,14-18H,3-5,7,12-13H2,1-2H3. The highest BCUT2D eigenvalue weighted by Gasteiger charge is 2.19. The summed E-state index contributed by atoms with van der Waals surface area (Å²) < 4.78 is 0. The molecule has 0 N–H and O–H groups in total. The van der Waals surface area contributed by atoms with Gasteiger partial charge in [0.1, 0.15) is 0 Å². The Kier molecular flexibility index (Phi) is 7.06. The minimum atomic E-state index is 0.151. The molecule has 2 rings (SSSR count). The van der Waals surface area contributed by atoms with E-state index in [0.717, 1.165) is 24.0 Å². The molecular formula is C22H28O. The quantitative estimate of drug-likeness (QED) is 0.388. The van der Waals surface area contributed by atoms with E-state index >= 15 is 0 Å². The highest BCUT2D eigenvalue weighted by Crippen LogP contribution is 2.31. The van der Waals surface area contributed by atoms with Crippen LogP contribution in [0.4, 0.5) is 0 Å². The molecule has 2 aromatic rings. The van der Waals surface area contributed by atoms with Crippen molar-refractivity contribution in [3.8, 4) is 0 Å². The Labute approximate surface area is 140 Å². The number of hydrogen-bond donors (Lipinski definition) is 0. The highest BCUT2D eigenvalue weighted by atomic mass is 16.1. The molecule has 0 fully saturated rings. The van der Waals surface area contributed by atoms with Crippen LogP contribution in [0.25, 0.3) is 0 Å². The molecule has 0 amide bonds. The van der Waals surface area contributed by atoms with E-state index in [1.807, 2.05) is 42.5 Å². The summed E-state index contributed by atoms with van der Waals surface area (Å²) in [4.78, 5) is 12.9. The van der Waals surface area contributed by atoms with Crippen molar-refractivity contribution in [2.75, 3.05) is 0 Å². The van der Waals surface area contributed by atoms with Crippen LogP contribution in [0, 0.1) is 0 Å². The molecule has 0 saturated heterocycles. The Morgan fingerprint density at radius 3 is 2.22 bits per heavy atom. The van der Waals surface area contributed by atoms with E-state index in [0.29, 0.717) is 5.92 Å². The summed E-state index contributed by atoms with van der Waals surface area (Å²) in [5.74, 6) is 0.646. The first-order valence-electron chi connectivity index (χ1n) is 8.96. The maximum Gasteiger partial charge on any atom is 0.193 e. The first kappa shape index (κ1) is 17.5. The maximum absolute atomic E-state index is 12.9. The third-order valence-corrected chi connectivity index (χ3v) is 4.47. The minimum absolute atomic E-state index is 0.151. The van der Waals surface area contributed by atoms with E-state index in [1.165, 1.54) is 31.2 Å². The zero-order valence-corrected chi connectivity index (χ0v) is 14.4. The van der Waals surface area contributed by atoms with Crippen molar-refractivity contribution in [1.29, 1.82) is 0 Å². The average Bonchev–Trinajstić information content (AvgIpc) is 2.61. The Balaban J connectivity index is 2.29. The Hall–Kier alpha value is -1.89. The van der Waals surface area contributed by atoms with E-state index < -0.39 is 0 Å². The first-order valence-corrected chi connectivity index (χ1v) is 8.96. The smallest absolute Gasteiger partial charge is 0.193 e. The lowest BCUT2D eigenvalue weighted by Crippen LogP contribution is -2.09. The zero-order chi connectivity index (χ0) is 16.5. The summed E-state index contributed by atoms with van der Waals surface area (Å²) in [5.41, 5.74) is 2.90. The summed E-state index contributed by atoms with van der Waals surface area (Å²) >= 11 is 0. The summed E-state index contributed by atoms with van der Waals surface area (Å²) in [7, 11) is 0. The average molecular weight is 308 g/mol. The maximum atomic E-state index is 12.9. The molecule has 0 aliphatic carbocycles. The third kappa shape index (κ3) is 4.79. The first-order chi connectivity index (χ1) is 11.3. The Bertz CT molecular complexity index is 600. The van der Waals surface area contributed by atoms with E-state index in [1.54, 1.807) is 0 Å². The molecule has 23 heavy (non-hydrogen) atoms. The molecule has 1 nitrogen and oxygen atoms in total. The third-order valence-electron chi connectivity index (χ3n) is 4.47. The fraction of sp³-hybridized carbons (Fsp3) is 0.409. The second-order valence-electron chi connectivity index (χ2n) is 6.26. The van der Waals surface area contributed by atoms with Gasteiger partial charge in [-0.1, -0.05) is 94.1 Å². The SMILES string of the molecule is CCCCCC(CCC)c1ccccc1C(=O)c1ccccc1. The van der Waals surface area contributed by atoms with Gasteiger partial charge in [0, 0.05) is 11.1 Å². The fourth-order valence-corrected chi connectivity index (χ4v) is 3.25. The van der Waals surface area contributed by atoms with Crippen LogP contribution >= 0.6 is 0 Å². The Morgan fingerprint density at radius 2 is 1.52 bits per heavy atom. The molecule has 0 spiro atoms. The Morgan fingerprint density at radius 1 is 0.826 bits per heavy atom. The van der Waals surface area contributed by atoms with Crippen molar-refractivity contribution in [3.63, 3.8) is 0 Å². The highest BCUT2D eigenvalue weighted by molar-refractivity contribution is 6.10. The normalized spacial score (nSPS) is 12.1. The second kappa shape index (κ2) is 9.29. The van der Waals surface area contributed by atoms with E-state index in [-0.39, 0.29) is 5.78 Å². The van der Waals surface area contributed by atoms with Crippen LogP contribution in [-0.4, -0.2) is 5.78 Å². The van der Waals surface area contributed by atoms with Crippen molar-refractivity contribution in [2.45, 2.75) is 58.3 Å². The largest absolute Gasteiger partial charge is 0.289 e. The van der Waals surface area contributed by atoms with Crippen molar-refractivity contribution in [2.24, 2.45) is 0 Å². The van der Waals surface area contributed by atoms with Gasteiger partial charge in [0.2, 0.25) is 0 Å². The zero-order valence-electron chi connectivity index (χ0n) is 14.4. The molecular weight excluding hydrogens is 280 g/mol. The molecule has 1 heteroatoms. The molecule has 0 aliphatic rings. The van der Waals surface area contributed by atoms with Gasteiger partial charge < -0.3 is 0 Å². The van der Waals surface area contributed by atoms with E-state index in [4.69, 9.17) is 0 Å². The summed E-state index contributed by atoms with van der Waals surface area (Å²) in [6.07, 6.45) is 7.25. The van der Waals surface area contributed by atoms with Crippen LogP contribution in [0.2, 0.25) is 0 Å². The van der Waals surface area contributed by atoms with Crippen LogP contribution in [0.3, 0.4) is 0 Å². The predicted octanol–water partition coefficient (Wildman–Crippen LogP) is 6.38. The lowest BCUT2D eigenvalue weighted by atomic mass is 9.84. The summed E-state index contributed by atoms with van der Waals surface area (Å²) in [6, 6.07) is 17.8. The number of carbonyl (C=O) groups excluding carboxylic acids is 1. The van der Waals surface area contributed by atoms with E-state index in [9.17, 15) is 4.79 Å². The molecule has 1 unspecified atom stereocenters. The number of carbonyl (C=O) groups is 1. The van der Waals surface area contributed by atoms with Gasteiger partial charge in [-0.25, -0.2) is 0 Å². The topological polar surface area (TPSA) is 17.1 Å². The second-order valence-corrected chi connectivity index (χ2v) is 6.26. The monoisotopic (exact) mass is 308 g/mol. The molecule has 0 aliphatic heterocycles. The van der Waals surface area contributed by atoms with Gasteiger partial charge in [-0.3, -0.25) is 4.79 Å². The molecule has 122 valence electrons. The van der Waals surface area contributed by atoms with Crippen molar-refractivity contribution in [1.82, 2.24) is 0 Å². The number of unbranched alkanes of at least 4 members (excludes halogenated alkanes) is 2. The molecule has 0 bridgehead atoms. The van der Waals surface area contributed by atoms with Gasteiger partial charge in [0.25, 0.3) is 0 Å². The van der Waals surface area contributed by atoms with Crippen LogP contribution in [0.15, 0.2) is 54.6 Å². The van der Waals surface area contributed by atoms with Gasteiger partial charge in [0.05, 0.1) is 0 Å². The number of ketones is 1. The van der Waals surface area contributed by atoms with Gasteiger partial charge in [0.15, 0.2) is 5.78 Å². The molecule has 0 radical (unpaired) electrons. The fourth-order valence-electron chi connectivity index (χ4n) is 3.25. The van der Waals surface area contributed by atoms with Crippen molar-refractivity contribution < 1.29 is 4.79 Å². The lowest BCUT2D eigenvalue weighted by molar-refractivity contribution is 0.103. The van der Waals surface area contributed by atoms with Crippen molar-refractivity contribution >= 4 is 5.78 Å². The van der Waals surface area contributed by atoms with Crippen LogP contribution < -0.4 is 0 Å². The molecule has 0 saturated carbocycles. The van der Waals surface area contributed by atoms with Crippen molar-refractivity contribution in [3.05, 3.63) is 71.3 Å². The molecule has 0 heterocycles. The van der Waals surface area contributed by atoms with Crippen LogP contribution in [0.1, 0.15) is 79.8 Å². The number of hydrogen-bond acceptors (Lipinski definition) is 1. The van der Waals surface area contributed by atoms with Gasteiger partial charge in [-0.05, 0) is 24.3 Å². The van der Waals surface area contributed by atoms with E-state index in [2.05, 4.69) is 26.0 Å². The number of rotatable bonds is 9.